The van der Waals surface area contributed by atoms with Crippen molar-refractivity contribution in [3.05, 3.63) is 52.6 Å². The highest BCUT2D eigenvalue weighted by Gasteiger charge is 2.10. The Hall–Kier alpha value is -1.62. The Balaban J connectivity index is 1.98. The monoisotopic (exact) mass is 298 g/mol. The Morgan fingerprint density at radius 2 is 2.24 bits per heavy atom. The van der Waals surface area contributed by atoms with Crippen LogP contribution in [0.1, 0.15) is 10.6 Å². The van der Waals surface area contributed by atoms with Crippen molar-refractivity contribution in [2.45, 2.75) is 0 Å². The quantitative estimate of drug-likeness (QED) is 0.812. The number of carbonyl (C=O) groups is 1. The predicted molar refractivity (Wildman–Crippen MR) is 62.6 cm³/mol. The fourth-order valence-electron chi connectivity index (χ4n) is 1.22. The van der Waals surface area contributed by atoms with Gasteiger partial charge in [-0.25, -0.2) is 4.39 Å². The van der Waals surface area contributed by atoms with Crippen molar-refractivity contribution in [1.82, 2.24) is 0 Å². The third-order valence-corrected chi connectivity index (χ3v) is 2.70. The lowest BCUT2D eigenvalue weighted by Gasteiger charge is -2.04. The normalized spacial score (nSPS) is 10.2. The first kappa shape index (κ1) is 11.9. The van der Waals surface area contributed by atoms with Crippen molar-refractivity contribution in [3.63, 3.8) is 0 Å². The molecule has 5 heteroatoms. The summed E-state index contributed by atoms with van der Waals surface area (Å²) in [6.07, 6.45) is 1.41. The molecule has 0 radical (unpaired) electrons. The fraction of sp³-hybridized carbons (Fsp3) is 0.0833. The van der Waals surface area contributed by atoms with Crippen LogP contribution in [0.3, 0.4) is 0 Å². The molecule has 0 unspecified atom stereocenters. The van der Waals surface area contributed by atoms with E-state index in [1.54, 1.807) is 18.2 Å². The van der Waals surface area contributed by atoms with E-state index < -0.39 is 5.82 Å². The maximum atomic E-state index is 13.1. The van der Waals surface area contributed by atoms with Crippen LogP contribution in [0.15, 0.2) is 45.5 Å². The standard InChI is InChI=1S/C12H8BrFO3/c13-9-4-3-8(6-10(9)14)17-7-11(15)12-2-1-5-16-12/h1-6H,7H2. The molecular weight excluding hydrogens is 291 g/mol. The number of ether oxygens (including phenoxy) is 1. The van der Waals surface area contributed by atoms with Crippen LogP contribution in [-0.4, -0.2) is 12.4 Å². The first-order valence-electron chi connectivity index (χ1n) is 4.81. The summed E-state index contributed by atoms with van der Waals surface area (Å²) >= 11 is 3.03. The van der Waals surface area contributed by atoms with Crippen LogP contribution < -0.4 is 4.74 Å². The Kier molecular flexibility index (Phi) is 3.58. The second-order valence-electron chi connectivity index (χ2n) is 3.27. The number of ketones is 1. The summed E-state index contributed by atoms with van der Waals surface area (Å²) in [6.45, 7) is -0.186. The molecule has 0 saturated heterocycles. The first-order chi connectivity index (χ1) is 8.16. The van der Waals surface area contributed by atoms with E-state index >= 15 is 0 Å². The molecule has 0 aliphatic rings. The lowest BCUT2D eigenvalue weighted by molar-refractivity contribution is 0.0893. The van der Waals surface area contributed by atoms with Gasteiger partial charge in [0, 0.05) is 6.07 Å². The molecule has 1 aromatic heterocycles. The van der Waals surface area contributed by atoms with Crippen LogP contribution in [0, 0.1) is 5.82 Å². The number of hydrogen-bond acceptors (Lipinski definition) is 3. The Bertz CT molecular complexity index is 523. The average Bonchev–Trinajstić information content (AvgIpc) is 2.84. The van der Waals surface area contributed by atoms with Crippen molar-refractivity contribution >= 4 is 21.7 Å². The van der Waals surface area contributed by atoms with Gasteiger partial charge in [0.05, 0.1) is 10.7 Å². The Morgan fingerprint density at radius 3 is 2.88 bits per heavy atom. The van der Waals surface area contributed by atoms with E-state index in [1.807, 2.05) is 0 Å². The van der Waals surface area contributed by atoms with Gasteiger partial charge in [-0.3, -0.25) is 4.79 Å². The summed E-state index contributed by atoms with van der Waals surface area (Å²) in [5.74, 6) is -0.209. The first-order valence-corrected chi connectivity index (χ1v) is 5.60. The Labute approximate surface area is 105 Å². The highest BCUT2D eigenvalue weighted by atomic mass is 79.9. The summed E-state index contributed by atoms with van der Waals surface area (Å²) < 4.78 is 23.6. The van der Waals surface area contributed by atoms with E-state index in [0.717, 1.165) is 0 Å². The number of Topliss-reactive ketones (excluding diaryl/α,β-unsaturated/α-hetero) is 1. The Morgan fingerprint density at radius 1 is 1.41 bits per heavy atom. The van der Waals surface area contributed by atoms with Crippen LogP contribution in [0.4, 0.5) is 4.39 Å². The molecule has 0 bridgehead atoms. The number of carbonyl (C=O) groups excluding carboxylic acids is 1. The molecule has 1 aromatic carbocycles. The number of halogens is 2. The topological polar surface area (TPSA) is 39.4 Å². The molecule has 0 aliphatic carbocycles. The van der Waals surface area contributed by atoms with Gasteiger partial charge in [0.1, 0.15) is 11.6 Å². The molecule has 0 aliphatic heterocycles. The second kappa shape index (κ2) is 5.14. The van der Waals surface area contributed by atoms with Gasteiger partial charge in [-0.1, -0.05) is 0 Å². The molecule has 88 valence electrons. The van der Waals surface area contributed by atoms with Crippen molar-refractivity contribution in [2.24, 2.45) is 0 Å². The van der Waals surface area contributed by atoms with Crippen LogP contribution in [-0.2, 0) is 0 Å². The van der Waals surface area contributed by atoms with Crippen molar-refractivity contribution in [2.75, 3.05) is 6.61 Å². The van der Waals surface area contributed by atoms with Gasteiger partial charge in [-0.15, -0.1) is 0 Å². The zero-order valence-corrected chi connectivity index (χ0v) is 10.2. The minimum atomic E-state index is -0.437. The molecular formula is C12H8BrFO3. The predicted octanol–water partition coefficient (Wildman–Crippen LogP) is 3.44. The maximum Gasteiger partial charge on any atom is 0.235 e. The molecule has 0 saturated carbocycles. The second-order valence-corrected chi connectivity index (χ2v) is 4.12. The molecule has 0 fully saturated rings. The highest BCUT2D eigenvalue weighted by Crippen LogP contribution is 2.21. The van der Waals surface area contributed by atoms with E-state index in [4.69, 9.17) is 9.15 Å². The SMILES string of the molecule is O=C(COc1ccc(Br)c(F)c1)c1ccco1. The third kappa shape index (κ3) is 2.94. The molecule has 0 N–H and O–H groups in total. The molecule has 2 rings (SSSR count). The summed E-state index contributed by atoms with van der Waals surface area (Å²) in [5, 5.41) is 0. The van der Waals surface area contributed by atoms with Crippen LogP contribution in [0.25, 0.3) is 0 Å². The molecule has 0 amide bonds. The van der Waals surface area contributed by atoms with Gasteiger partial charge in [0.25, 0.3) is 0 Å². The van der Waals surface area contributed by atoms with E-state index in [2.05, 4.69) is 15.9 Å². The lowest BCUT2D eigenvalue weighted by atomic mass is 10.3. The lowest BCUT2D eigenvalue weighted by Crippen LogP contribution is -2.10. The van der Waals surface area contributed by atoms with Gasteiger partial charge in [-0.05, 0) is 40.2 Å². The largest absolute Gasteiger partial charge is 0.485 e. The van der Waals surface area contributed by atoms with Crippen molar-refractivity contribution < 1.29 is 18.3 Å². The van der Waals surface area contributed by atoms with E-state index in [9.17, 15) is 9.18 Å². The zero-order valence-electron chi connectivity index (χ0n) is 8.65. The molecule has 17 heavy (non-hydrogen) atoms. The van der Waals surface area contributed by atoms with Crippen LogP contribution >= 0.6 is 15.9 Å². The number of rotatable bonds is 4. The highest BCUT2D eigenvalue weighted by molar-refractivity contribution is 9.10. The molecule has 0 spiro atoms. The summed E-state index contributed by atoms with van der Waals surface area (Å²) in [5.41, 5.74) is 0. The molecule has 2 aromatic rings. The van der Waals surface area contributed by atoms with E-state index in [0.29, 0.717) is 10.2 Å². The fourth-order valence-corrected chi connectivity index (χ4v) is 1.47. The summed E-state index contributed by atoms with van der Waals surface area (Å²) in [6, 6.07) is 7.46. The summed E-state index contributed by atoms with van der Waals surface area (Å²) in [4.78, 5) is 11.5. The van der Waals surface area contributed by atoms with Crippen molar-refractivity contribution in [1.29, 1.82) is 0 Å². The zero-order chi connectivity index (χ0) is 12.3. The molecule has 3 nitrogen and oxygen atoms in total. The molecule has 0 atom stereocenters. The third-order valence-electron chi connectivity index (χ3n) is 2.06. The van der Waals surface area contributed by atoms with E-state index in [1.165, 1.54) is 18.4 Å². The minimum absolute atomic E-state index is 0.186. The average molecular weight is 299 g/mol. The van der Waals surface area contributed by atoms with Gasteiger partial charge in [0.2, 0.25) is 5.78 Å². The van der Waals surface area contributed by atoms with E-state index in [-0.39, 0.29) is 18.2 Å². The number of benzene rings is 1. The summed E-state index contributed by atoms with van der Waals surface area (Å²) in [7, 11) is 0. The maximum absolute atomic E-state index is 13.1. The van der Waals surface area contributed by atoms with Crippen LogP contribution in [0.2, 0.25) is 0 Å². The van der Waals surface area contributed by atoms with Crippen molar-refractivity contribution in [3.8, 4) is 5.75 Å². The number of hydrogen-bond donors (Lipinski definition) is 0. The smallest absolute Gasteiger partial charge is 0.235 e. The van der Waals surface area contributed by atoms with Gasteiger partial charge < -0.3 is 9.15 Å². The van der Waals surface area contributed by atoms with Gasteiger partial charge in [-0.2, -0.15) is 0 Å². The van der Waals surface area contributed by atoms with Gasteiger partial charge >= 0.3 is 0 Å². The minimum Gasteiger partial charge on any atom is -0.485 e. The van der Waals surface area contributed by atoms with Gasteiger partial charge in [0.15, 0.2) is 12.4 Å². The van der Waals surface area contributed by atoms with Crippen LogP contribution in [0.5, 0.6) is 5.75 Å². The molecule has 1 heterocycles. The number of furan rings is 1.